The van der Waals surface area contributed by atoms with Crippen LogP contribution in [-0.4, -0.2) is 50.9 Å². The van der Waals surface area contributed by atoms with Crippen molar-refractivity contribution in [3.63, 3.8) is 0 Å². The van der Waals surface area contributed by atoms with Gasteiger partial charge in [0.2, 0.25) is 0 Å². The van der Waals surface area contributed by atoms with Gasteiger partial charge in [-0.2, -0.15) is 10.2 Å². The number of furan rings is 1. The van der Waals surface area contributed by atoms with Crippen LogP contribution in [0.15, 0.2) is 88.7 Å². The number of amides is 1. The molecule has 1 fully saturated rings. The normalized spacial score (nSPS) is 18.2. The molecule has 6 rings (SSSR count). The van der Waals surface area contributed by atoms with Crippen LogP contribution in [0.4, 0.5) is 0 Å². The third-order valence-corrected chi connectivity index (χ3v) is 7.23. The Morgan fingerprint density at radius 2 is 1.76 bits per heavy atom. The molecule has 0 spiro atoms. The molecular weight excluding hydrogens is 462 g/mol. The van der Waals surface area contributed by atoms with Crippen molar-refractivity contribution in [1.29, 1.82) is 0 Å². The Morgan fingerprint density at radius 3 is 2.49 bits per heavy atom. The minimum absolute atomic E-state index is 0.00998. The highest BCUT2D eigenvalue weighted by Gasteiger charge is 2.37. The van der Waals surface area contributed by atoms with Gasteiger partial charge in [0.15, 0.2) is 0 Å². The van der Waals surface area contributed by atoms with Crippen LogP contribution < -0.4 is 0 Å². The van der Waals surface area contributed by atoms with Gasteiger partial charge in [0.25, 0.3) is 5.91 Å². The fraction of sp³-hybridized carbons (Fsp3) is 0.300. The van der Waals surface area contributed by atoms with E-state index in [0.29, 0.717) is 18.7 Å². The van der Waals surface area contributed by atoms with Crippen molar-refractivity contribution in [3.05, 3.63) is 96.1 Å². The standard InChI is InChI=1S/C30H31N5O2/c1-22-12-14-23(15-13-22)30-25(20-34(32-30)24-9-4-2-5-10-24)27-19-26(28-11-8-18-37-28)31-35(27)29(36)21-33-16-6-3-7-17-33/h2,4-5,8-15,18,20,27H,3,6-7,16-17,19,21H2,1H3/t27-/m0/s1. The van der Waals surface area contributed by atoms with Gasteiger partial charge in [0.05, 0.1) is 30.2 Å². The number of aromatic nitrogens is 2. The molecule has 7 heteroatoms. The highest BCUT2D eigenvalue weighted by Crippen LogP contribution is 2.38. The Balaban J connectivity index is 1.41. The zero-order valence-corrected chi connectivity index (χ0v) is 21.1. The largest absolute Gasteiger partial charge is 0.463 e. The monoisotopic (exact) mass is 493 g/mol. The summed E-state index contributed by atoms with van der Waals surface area (Å²) < 4.78 is 7.59. The summed E-state index contributed by atoms with van der Waals surface area (Å²) in [6.07, 6.45) is 7.78. The third-order valence-electron chi connectivity index (χ3n) is 7.23. The SMILES string of the molecule is Cc1ccc(-c2nn(-c3ccccc3)cc2[C@@H]2CC(c3ccco3)=NN2C(=O)CN2CCCCC2)cc1. The number of aryl methyl sites for hydroxylation is 1. The van der Waals surface area contributed by atoms with E-state index in [1.807, 2.05) is 47.1 Å². The summed E-state index contributed by atoms with van der Waals surface area (Å²) >= 11 is 0. The van der Waals surface area contributed by atoms with Crippen molar-refractivity contribution in [3.8, 4) is 16.9 Å². The third kappa shape index (κ3) is 4.87. The lowest BCUT2D eigenvalue weighted by atomic mass is 9.97. The summed E-state index contributed by atoms with van der Waals surface area (Å²) in [6.45, 7) is 4.37. The molecular formula is C30H31N5O2. The van der Waals surface area contributed by atoms with E-state index in [1.54, 1.807) is 11.3 Å². The van der Waals surface area contributed by atoms with E-state index >= 15 is 0 Å². The number of hydrogen-bond acceptors (Lipinski definition) is 5. The maximum Gasteiger partial charge on any atom is 0.257 e. The van der Waals surface area contributed by atoms with E-state index < -0.39 is 0 Å². The number of carbonyl (C=O) groups excluding carboxylic acids is 1. The molecule has 2 aromatic heterocycles. The second-order valence-electron chi connectivity index (χ2n) is 9.90. The second kappa shape index (κ2) is 10.2. The van der Waals surface area contributed by atoms with Gasteiger partial charge < -0.3 is 4.42 Å². The van der Waals surface area contributed by atoms with Gasteiger partial charge in [0.1, 0.15) is 11.5 Å². The molecule has 0 bridgehead atoms. The van der Waals surface area contributed by atoms with Crippen molar-refractivity contribution in [2.45, 2.75) is 38.6 Å². The van der Waals surface area contributed by atoms with Gasteiger partial charge in [-0.05, 0) is 57.1 Å². The van der Waals surface area contributed by atoms with Gasteiger partial charge in [-0.1, -0.05) is 54.4 Å². The van der Waals surface area contributed by atoms with Crippen molar-refractivity contribution in [2.75, 3.05) is 19.6 Å². The summed E-state index contributed by atoms with van der Waals surface area (Å²) in [6, 6.07) is 22.0. The number of likely N-dealkylation sites (tertiary alicyclic amines) is 1. The van der Waals surface area contributed by atoms with E-state index in [1.165, 1.54) is 12.0 Å². The Morgan fingerprint density at radius 1 is 0.973 bits per heavy atom. The average molecular weight is 494 g/mol. The van der Waals surface area contributed by atoms with Gasteiger partial charge >= 0.3 is 0 Å². The van der Waals surface area contributed by atoms with Crippen LogP contribution in [0.2, 0.25) is 0 Å². The Bertz CT molecular complexity index is 1380. The number of benzene rings is 2. The molecule has 4 heterocycles. The quantitative estimate of drug-likeness (QED) is 0.350. The maximum atomic E-state index is 13.7. The van der Waals surface area contributed by atoms with Crippen LogP contribution in [0.5, 0.6) is 0 Å². The fourth-order valence-electron chi connectivity index (χ4n) is 5.24. The van der Waals surface area contributed by atoms with Crippen LogP contribution in [0.25, 0.3) is 16.9 Å². The van der Waals surface area contributed by atoms with Crippen LogP contribution in [0.3, 0.4) is 0 Å². The molecule has 2 aliphatic heterocycles. The fourth-order valence-corrected chi connectivity index (χ4v) is 5.24. The van der Waals surface area contributed by atoms with Crippen LogP contribution in [-0.2, 0) is 4.79 Å². The first kappa shape index (κ1) is 23.4. The van der Waals surface area contributed by atoms with E-state index in [9.17, 15) is 4.79 Å². The summed E-state index contributed by atoms with van der Waals surface area (Å²) in [7, 11) is 0. The van der Waals surface area contributed by atoms with E-state index in [4.69, 9.17) is 14.6 Å². The molecule has 188 valence electrons. The number of hydrazone groups is 1. The number of rotatable bonds is 6. The number of para-hydroxylation sites is 1. The highest BCUT2D eigenvalue weighted by atomic mass is 16.3. The first-order chi connectivity index (χ1) is 18.2. The average Bonchev–Trinajstić information content (AvgIpc) is 3.70. The lowest BCUT2D eigenvalue weighted by Gasteiger charge is -2.29. The predicted octanol–water partition coefficient (Wildman–Crippen LogP) is 5.60. The van der Waals surface area contributed by atoms with Crippen LogP contribution in [0, 0.1) is 6.92 Å². The van der Waals surface area contributed by atoms with E-state index in [-0.39, 0.29) is 11.9 Å². The Hall–Kier alpha value is -3.97. The second-order valence-corrected chi connectivity index (χ2v) is 9.90. The number of carbonyl (C=O) groups is 1. The van der Waals surface area contributed by atoms with Gasteiger partial charge in [-0.25, -0.2) is 9.69 Å². The van der Waals surface area contributed by atoms with Crippen molar-refractivity contribution >= 4 is 11.6 Å². The molecule has 0 unspecified atom stereocenters. The summed E-state index contributed by atoms with van der Waals surface area (Å²) in [5, 5.41) is 11.5. The zero-order chi connectivity index (χ0) is 25.2. The van der Waals surface area contributed by atoms with Crippen molar-refractivity contribution < 1.29 is 9.21 Å². The summed E-state index contributed by atoms with van der Waals surface area (Å²) in [4.78, 5) is 15.9. The summed E-state index contributed by atoms with van der Waals surface area (Å²) in [5.41, 5.74) is 5.80. The molecule has 0 radical (unpaired) electrons. The van der Waals surface area contributed by atoms with E-state index in [0.717, 1.165) is 54.2 Å². The molecule has 7 nitrogen and oxygen atoms in total. The molecule has 0 N–H and O–H groups in total. The van der Waals surface area contributed by atoms with Gasteiger partial charge in [-0.3, -0.25) is 9.69 Å². The summed E-state index contributed by atoms with van der Waals surface area (Å²) in [5.74, 6) is 0.710. The number of nitrogens with zero attached hydrogens (tertiary/aromatic N) is 5. The smallest absolute Gasteiger partial charge is 0.257 e. The topological polar surface area (TPSA) is 66.9 Å². The first-order valence-electron chi connectivity index (χ1n) is 13.0. The molecule has 1 atom stereocenters. The number of hydrogen-bond donors (Lipinski definition) is 0. The minimum Gasteiger partial charge on any atom is -0.463 e. The van der Waals surface area contributed by atoms with Gasteiger partial charge in [0, 0.05) is 23.7 Å². The zero-order valence-electron chi connectivity index (χ0n) is 21.1. The molecule has 0 saturated carbocycles. The Kier molecular flexibility index (Phi) is 6.45. The van der Waals surface area contributed by atoms with Gasteiger partial charge in [-0.15, -0.1) is 0 Å². The molecule has 2 aromatic carbocycles. The molecule has 4 aromatic rings. The Labute approximate surface area is 217 Å². The molecule has 37 heavy (non-hydrogen) atoms. The molecule has 1 amide bonds. The lowest BCUT2D eigenvalue weighted by Crippen LogP contribution is -2.40. The van der Waals surface area contributed by atoms with Crippen LogP contribution >= 0.6 is 0 Å². The van der Waals surface area contributed by atoms with Crippen molar-refractivity contribution in [1.82, 2.24) is 19.7 Å². The molecule has 0 aliphatic carbocycles. The maximum absolute atomic E-state index is 13.7. The minimum atomic E-state index is -0.272. The number of piperidine rings is 1. The van der Waals surface area contributed by atoms with Crippen LogP contribution in [0.1, 0.15) is 48.6 Å². The molecule has 1 saturated heterocycles. The first-order valence-corrected chi connectivity index (χ1v) is 13.0. The predicted molar refractivity (Wildman–Crippen MR) is 143 cm³/mol. The molecule has 2 aliphatic rings. The van der Waals surface area contributed by atoms with Crippen molar-refractivity contribution in [2.24, 2.45) is 5.10 Å². The lowest BCUT2D eigenvalue weighted by molar-refractivity contribution is -0.134. The van der Waals surface area contributed by atoms with E-state index in [2.05, 4.69) is 42.3 Å². The highest BCUT2D eigenvalue weighted by molar-refractivity contribution is 6.01.